The van der Waals surface area contributed by atoms with E-state index in [0.29, 0.717) is 5.75 Å². The summed E-state index contributed by atoms with van der Waals surface area (Å²) in [4.78, 5) is 23.0. The van der Waals surface area contributed by atoms with E-state index in [1.54, 1.807) is 11.8 Å². The minimum absolute atomic E-state index is 0.287. The minimum Gasteiger partial charge on any atom is -0.469 e. The zero-order chi connectivity index (χ0) is 12.5. The summed E-state index contributed by atoms with van der Waals surface area (Å²) in [5.74, 6) is -0.465. The molecule has 0 fully saturated rings. The highest BCUT2D eigenvalue weighted by Gasteiger charge is 2.10. The Morgan fingerprint density at radius 2 is 1.88 bits per heavy atom. The summed E-state index contributed by atoms with van der Waals surface area (Å²) in [7, 11) is 1.24. The number of thioether (sulfide) groups is 1. The second-order valence-electron chi connectivity index (χ2n) is 3.13. The molecule has 0 aromatic heterocycles. The van der Waals surface area contributed by atoms with Crippen LogP contribution in [-0.2, 0) is 19.1 Å². The first kappa shape index (κ1) is 13.6. The standard InChI is InChI=1S/C12H14O4S/c1-15-11(13)9-12(14)16-7-8-17-10-5-3-2-4-6-10/h2-6H,7-9H2,1H3. The van der Waals surface area contributed by atoms with Crippen LogP contribution in [0, 0.1) is 0 Å². The Hall–Kier alpha value is -1.49. The largest absolute Gasteiger partial charge is 0.469 e. The summed E-state index contributed by atoms with van der Waals surface area (Å²) in [5, 5.41) is 0. The number of carbonyl (C=O) groups excluding carboxylic acids is 2. The van der Waals surface area contributed by atoms with Gasteiger partial charge in [-0.1, -0.05) is 18.2 Å². The molecule has 0 spiro atoms. The monoisotopic (exact) mass is 254 g/mol. The lowest BCUT2D eigenvalue weighted by Gasteiger charge is -2.04. The van der Waals surface area contributed by atoms with Gasteiger partial charge < -0.3 is 9.47 Å². The molecule has 0 bridgehead atoms. The second-order valence-corrected chi connectivity index (χ2v) is 4.30. The topological polar surface area (TPSA) is 52.6 Å². The highest BCUT2D eigenvalue weighted by molar-refractivity contribution is 7.99. The molecule has 0 aliphatic carbocycles. The lowest BCUT2D eigenvalue weighted by Crippen LogP contribution is -2.13. The van der Waals surface area contributed by atoms with E-state index < -0.39 is 11.9 Å². The molecular formula is C12H14O4S. The van der Waals surface area contributed by atoms with Crippen LogP contribution in [-0.4, -0.2) is 31.4 Å². The zero-order valence-electron chi connectivity index (χ0n) is 9.55. The van der Waals surface area contributed by atoms with Gasteiger partial charge in [0.15, 0.2) is 0 Å². The molecule has 0 radical (unpaired) electrons. The molecule has 0 saturated carbocycles. The fourth-order valence-corrected chi connectivity index (χ4v) is 1.82. The SMILES string of the molecule is COC(=O)CC(=O)OCCSc1ccccc1. The third-order valence-electron chi connectivity index (χ3n) is 1.87. The Kier molecular flexibility index (Phi) is 6.17. The van der Waals surface area contributed by atoms with Crippen LogP contribution in [0.15, 0.2) is 35.2 Å². The lowest BCUT2D eigenvalue weighted by atomic mass is 10.4. The number of carbonyl (C=O) groups is 2. The number of methoxy groups -OCH3 is 1. The van der Waals surface area contributed by atoms with Gasteiger partial charge in [-0.3, -0.25) is 9.59 Å². The van der Waals surface area contributed by atoms with Crippen LogP contribution in [0.1, 0.15) is 6.42 Å². The zero-order valence-corrected chi connectivity index (χ0v) is 10.4. The molecule has 1 aromatic carbocycles. The van der Waals surface area contributed by atoms with Crippen molar-refractivity contribution < 1.29 is 19.1 Å². The van der Waals surface area contributed by atoms with Crippen LogP contribution in [0.4, 0.5) is 0 Å². The van der Waals surface area contributed by atoms with Gasteiger partial charge in [-0.25, -0.2) is 0 Å². The van der Waals surface area contributed by atoms with Gasteiger partial charge in [-0.05, 0) is 12.1 Å². The molecule has 0 atom stereocenters. The number of rotatable bonds is 6. The molecular weight excluding hydrogens is 240 g/mol. The maximum absolute atomic E-state index is 11.1. The minimum atomic E-state index is -0.578. The van der Waals surface area contributed by atoms with Gasteiger partial charge in [-0.2, -0.15) is 0 Å². The fourth-order valence-electron chi connectivity index (χ4n) is 1.07. The van der Waals surface area contributed by atoms with Crippen molar-refractivity contribution in [3.8, 4) is 0 Å². The third-order valence-corrected chi connectivity index (χ3v) is 2.85. The Bertz CT molecular complexity index is 364. The summed E-state index contributed by atoms with van der Waals surface area (Å²) >= 11 is 1.59. The summed E-state index contributed by atoms with van der Waals surface area (Å²) in [6.07, 6.45) is -0.327. The summed E-state index contributed by atoms with van der Waals surface area (Å²) in [6.45, 7) is 0.287. The molecule has 1 aromatic rings. The van der Waals surface area contributed by atoms with Crippen molar-refractivity contribution in [1.82, 2.24) is 0 Å². The van der Waals surface area contributed by atoms with E-state index in [1.807, 2.05) is 30.3 Å². The molecule has 0 aliphatic heterocycles. The Balaban J connectivity index is 2.12. The fraction of sp³-hybridized carbons (Fsp3) is 0.333. The number of hydrogen-bond donors (Lipinski definition) is 0. The van der Waals surface area contributed by atoms with Crippen LogP contribution in [0.25, 0.3) is 0 Å². The van der Waals surface area contributed by atoms with Crippen molar-refractivity contribution in [2.45, 2.75) is 11.3 Å². The first-order valence-corrected chi connectivity index (χ1v) is 6.11. The van der Waals surface area contributed by atoms with Gasteiger partial charge in [0, 0.05) is 10.6 Å². The molecule has 0 aliphatic rings. The van der Waals surface area contributed by atoms with Crippen LogP contribution in [0.5, 0.6) is 0 Å². The summed E-state index contributed by atoms with van der Waals surface area (Å²) in [5.41, 5.74) is 0. The van der Waals surface area contributed by atoms with E-state index in [2.05, 4.69) is 4.74 Å². The van der Waals surface area contributed by atoms with Crippen molar-refractivity contribution >= 4 is 23.7 Å². The van der Waals surface area contributed by atoms with Gasteiger partial charge in [0.1, 0.15) is 13.0 Å². The quantitative estimate of drug-likeness (QED) is 0.336. The van der Waals surface area contributed by atoms with Crippen molar-refractivity contribution in [1.29, 1.82) is 0 Å². The average molecular weight is 254 g/mol. The first-order valence-electron chi connectivity index (χ1n) is 5.12. The molecule has 5 heteroatoms. The van der Waals surface area contributed by atoms with Gasteiger partial charge >= 0.3 is 11.9 Å². The van der Waals surface area contributed by atoms with E-state index in [-0.39, 0.29) is 13.0 Å². The van der Waals surface area contributed by atoms with E-state index >= 15 is 0 Å². The predicted molar refractivity (Wildman–Crippen MR) is 64.8 cm³/mol. The average Bonchev–Trinajstić information content (AvgIpc) is 2.36. The maximum Gasteiger partial charge on any atom is 0.317 e. The maximum atomic E-state index is 11.1. The van der Waals surface area contributed by atoms with Crippen LogP contribution < -0.4 is 0 Å². The van der Waals surface area contributed by atoms with Gasteiger partial charge in [-0.15, -0.1) is 11.8 Å². The highest BCUT2D eigenvalue weighted by Crippen LogP contribution is 2.16. The van der Waals surface area contributed by atoms with E-state index in [4.69, 9.17) is 4.74 Å². The highest BCUT2D eigenvalue weighted by atomic mass is 32.2. The molecule has 17 heavy (non-hydrogen) atoms. The van der Waals surface area contributed by atoms with Gasteiger partial charge in [0.2, 0.25) is 0 Å². The Labute approximate surface area is 104 Å². The molecule has 0 heterocycles. The third kappa shape index (κ3) is 5.97. The van der Waals surface area contributed by atoms with E-state index in [1.165, 1.54) is 7.11 Å². The molecule has 0 N–H and O–H groups in total. The van der Waals surface area contributed by atoms with Gasteiger partial charge in [0.25, 0.3) is 0 Å². The van der Waals surface area contributed by atoms with E-state index in [0.717, 1.165) is 4.90 Å². The molecule has 1 rings (SSSR count). The normalized spacial score (nSPS) is 9.71. The van der Waals surface area contributed by atoms with Crippen molar-refractivity contribution in [2.24, 2.45) is 0 Å². The van der Waals surface area contributed by atoms with Crippen molar-refractivity contribution in [3.63, 3.8) is 0 Å². The van der Waals surface area contributed by atoms with Crippen LogP contribution >= 0.6 is 11.8 Å². The molecule has 0 amide bonds. The van der Waals surface area contributed by atoms with E-state index in [9.17, 15) is 9.59 Å². The Morgan fingerprint density at radius 3 is 2.53 bits per heavy atom. The number of esters is 2. The van der Waals surface area contributed by atoms with Crippen LogP contribution in [0.3, 0.4) is 0 Å². The second kappa shape index (κ2) is 7.73. The number of benzene rings is 1. The Morgan fingerprint density at radius 1 is 1.18 bits per heavy atom. The molecule has 4 nitrogen and oxygen atoms in total. The smallest absolute Gasteiger partial charge is 0.317 e. The first-order chi connectivity index (χ1) is 8.22. The number of ether oxygens (including phenoxy) is 2. The number of hydrogen-bond acceptors (Lipinski definition) is 5. The molecule has 92 valence electrons. The molecule has 0 unspecified atom stereocenters. The predicted octanol–water partition coefficient (Wildman–Crippen LogP) is 1.89. The van der Waals surface area contributed by atoms with Gasteiger partial charge in [0.05, 0.1) is 7.11 Å². The molecule has 0 saturated heterocycles. The lowest BCUT2D eigenvalue weighted by molar-refractivity contribution is -0.152. The van der Waals surface area contributed by atoms with Crippen LogP contribution in [0.2, 0.25) is 0 Å². The summed E-state index contributed by atoms with van der Waals surface area (Å²) in [6, 6.07) is 9.82. The summed E-state index contributed by atoms with van der Waals surface area (Å²) < 4.78 is 9.23. The van der Waals surface area contributed by atoms with Crippen molar-refractivity contribution in [3.05, 3.63) is 30.3 Å². The van der Waals surface area contributed by atoms with Crippen molar-refractivity contribution in [2.75, 3.05) is 19.5 Å².